The van der Waals surface area contributed by atoms with Crippen LogP contribution in [0.15, 0.2) is 73.1 Å². The summed E-state index contributed by atoms with van der Waals surface area (Å²) in [5.74, 6) is -2.03. The normalized spacial score (nSPS) is 15.4. The van der Waals surface area contributed by atoms with Crippen LogP contribution >= 0.6 is 0 Å². The third-order valence-corrected chi connectivity index (χ3v) is 6.26. The number of anilines is 1. The standard InChI is InChI=1S/C27H30FN5O2/c1-20-9-10-23(16-24(20)28)31-27(35)26(34)30-18-25(22-8-5-11-29-17-22)33-14-12-32(13-15-33)19-21-6-3-2-4-7-21/h2-11,16-17,25H,12-15,18-19H2,1H3,(H,30,34)(H,31,35). The maximum Gasteiger partial charge on any atom is 0.313 e. The van der Waals surface area contributed by atoms with Crippen LogP contribution in [0.2, 0.25) is 0 Å². The van der Waals surface area contributed by atoms with Gasteiger partial charge in [0, 0.05) is 57.3 Å². The first-order valence-corrected chi connectivity index (χ1v) is 11.7. The molecule has 7 nitrogen and oxygen atoms in total. The Morgan fingerprint density at radius 2 is 1.77 bits per heavy atom. The molecule has 8 heteroatoms. The Morgan fingerprint density at radius 3 is 2.46 bits per heavy atom. The summed E-state index contributed by atoms with van der Waals surface area (Å²) in [4.78, 5) is 33.9. The zero-order chi connectivity index (χ0) is 24.6. The summed E-state index contributed by atoms with van der Waals surface area (Å²) < 4.78 is 13.8. The van der Waals surface area contributed by atoms with Gasteiger partial charge in [0.2, 0.25) is 0 Å². The molecule has 2 aromatic carbocycles. The molecule has 1 saturated heterocycles. The van der Waals surface area contributed by atoms with Gasteiger partial charge in [0.25, 0.3) is 0 Å². The first-order valence-electron chi connectivity index (χ1n) is 11.7. The number of nitrogens with zero attached hydrogens (tertiary/aromatic N) is 3. The molecule has 4 rings (SSSR count). The largest absolute Gasteiger partial charge is 0.346 e. The Labute approximate surface area is 205 Å². The number of rotatable bonds is 7. The predicted octanol–water partition coefficient (Wildman–Crippen LogP) is 3.14. The number of piperazine rings is 1. The van der Waals surface area contributed by atoms with Crippen molar-refractivity contribution in [3.05, 3.63) is 95.6 Å². The number of hydrogen-bond acceptors (Lipinski definition) is 5. The second-order valence-electron chi connectivity index (χ2n) is 8.73. The van der Waals surface area contributed by atoms with Crippen LogP contribution in [-0.4, -0.2) is 59.3 Å². The maximum atomic E-state index is 13.8. The van der Waals surface area contributed by atoms with E-state index >= 15 is 0 Å². The van der Waals surface area contributed by atoms with Gasteiger partial charge in [-0.1, -0.05) is 42.5 Å². The Morgan fingerprint density at radius 1 is 1.00 bits per heavy atom. The van der Waals surface area contributed by atoms with E-state index in [0.717, 1.165) is 38.3 Å². The molecule has 2 amide bonds. The summed E-state index contributed by atoms with van der Waals surface area (Å²) in [5, 5.41) is 5.21. The lowest BCUT2D eigenvalue weighted by atomic mass is 10.1. The first-order chi connectivity index (χ1) is 17.0. The van der Waals surface area contributed by atoms with E-state index in [1.165, 1.54) is 11.6 Å². The minimum Gasteiger partial charge on any atom is -0.346 e. The Kier molecular flexibility index (Phi) is 8.18. The molecule has 35 heavy (non-hydrogen) atoms. The summed E-state index contributed by atoms with van der Waals surface area (Å²) in [5.41, 5.74) is 2.98. The molecule has 182 valence electrons. The average Bonchev–Trinajstić information content (AvgIpc) is 2.88. The number of benzene rings is 2. The van der Waals surface area contributed by atoms with Crippen LogP contribution in [-0.2, 0) is 16.1 Å². The van der Waals surface area contributed by atoms with Crippen molar-refractivity contribution in [2.75, 3.05) is 38.0 Å². The second-order valence-corrected chi connectivity index (χ2v) is 8.73. The molecule has 1 aliphatic heterocycles. The van der Waals surface area contributed by atoms with Crippen molar-refractivity contribution in [1.29, 1.82) is 0 Å². The molecule has 0 spiro atoms. The van der Waals surface area contributed by atoms with Crippen molar-refractivity contribution in [3.8, 4) is 0 Å². The second kappa shape index (κ2) is 11.7. The number of pyridine rings is 1. The van der Waals surface area contributed by atoms with E-state index in [1.807, 2.05) is 18.2 Å². The molecule has 1 fully saturated rings. The van der Waals surface area contributed by atoms with Crippen molar-refractivity contribution in [2.45, 2.75) is 19.5 Å². The fourth-order valence-corrected chi connectivity index (χ4v) is 4.23. The van der Waals surface area contributed by atoms with Crippen molar-refractivity contribution >= 4 is 17.5 Å². The van der Waals surface area contributed by atoms with Crippen LogP contribution < -0.4 is 10.6 Å². The van der Waals surface area contributed by atoms with Gasteiger partial charge in [-0.25, -0.2) is 4.39 Å². The maximum absolute atomic E-state index is 13.8. The molecule has 2 N–H and O–H groups in total. The molecule has 1 atom stereocenters. The van der Waals surface area contributed by atoms with Gasteiger partial charge >= 0.3 is 11.8 Å². The van der Waals surface area contributed by atoms with E-state index in [1.54, 1.807) is 31.5 Å². The number of amides is 2. The van der Waals surface area contributed by atoms with E-state index in [2.05, 4.69) is 49.7 Å². The minimum absolute atomic E-state index is 0.115. The molecule has 1 unspecified atom stereocenters. The van der Waals surface area contributed by atoms with Gasteiger partial charge < -0.3 is 10.6 Å². The molecule has 0 saturated carbocycles. The van der Waals surface area contributed by atoms with E-state index in [-0.39, 0.29) is 18.3 Å². The summed E-state index contributed by atoms with van der Waals surface area (Å²) >= 11 is 0. The summed E-state index contributed by atoms with van der Waals surface area (Å²) in [7, 11) is 0. The number of nitrogens with one attached hydrogen (secondary N) is 2. The van der Waals surface area contributed by atoms with Crippen molar-refractivity contribution < 1.29 is 14.0 Å². The van der Waals surface area contributed by atoms with E-state index in [0.29, 0.717) is 5.56 Å². The van der Waals surface area contributed by atoms with Gasteiger partial charge in [0.05, 0.1) is 6.04 Å². The molecule has 0 aliphatic carbocycles. The Balaban J connectivity index is 1.35. The van der Waals surface area contributed by atoms with Crippen LogP contribution in [0, 0.1) is 12.7 Å². The number of carbonyl (C=O) groups excluding carboxylic acids is 2. The van der Waals surface area contributed by atoms with E-state index < -0.39 is 17.6 Å². The zero-order valence-electron chi connectivity index (χ0n) is 19.8. The highest BCUT2D eigenvalue weighted by atomic mass is 19.1. The highest BCUT2D eigenvalue weighted by Gasteiger charge is 2.26. The lowest BCUT2D eigenvalue weighted by Crippen LogP contribution is -2.50. The molecular formula is C27H30FN5O2. The molecule has 0 radical (unpaired) electrons. The summed E-state index contributed by atoms with van der Waals surface area (Å²) in [6.07, 6.45) is 3.51. The minimum atomic E-state index is -0.828. The highest BCUT2D eigenvalue weighted by molar-refractivity contribution is 6.39. The van der Waals surface area contributed by atoms with Gasteiger partial charge in [-0.05, 0) is 41.8 Å². The molecule has 0 bridgehead atoms. The number of carbonyl (C=O) groups is 2. The first kappa shape index (κ1) is 24.5. The topological polar surface area (TPSA) is 77.6 Å². The fraction of sp³-hybridized carbons (Fsp3) is 0.296. The van der Waals surface area contributed by atoms with E-state index in [4.69, 9.17) is 0 Å². The number of aromatic nitrogens is 1. The van der Waals surface area contributed by atoms with Crippen LogP contribution in [0.1, 0.15) is 22.7 Å². The summed E-state index contributed by atoms with van der Waals surface area (Å²) in [6.45, 7) is 6.27. The number of hydrogen-bond donors (Lipinski definition) is 2. The number of aryl methyl sites for hydroxylation is 1. The Hall–Kier alpha value is -3.62. The summed E-state index contributed by atoms with van der Waals surface area (Å²) in [6, 6.07) is 18.5. The number of halogens is 1. The predicted molar refractivity (Wildman–Crippen MR) is 133 cm³/mol. The Bertz CT molecular complexity index is 1130. The zero-order valence-corrected chi connectivity index (χ0v) is 19.8. The van der Waals surface area contributed by atoms with E-state index in [9.17, 15) is 14.0 Å². The van der Waals surface area contributed by atoms with Gasteiger partial charge in [0.1, 0.15) is 5.82 Å². The third kappa shape index (κ3) is 6.71. The van der Waals surface area contributed by atoms with Gasteiger partial charge in [-0.3, -0.25) is 24.4 Å². The SMILES string of the molecule is Cc1ccc(NC(=O)C(=O)NCC(c2cccnc2)N2CCN(Cc3ccccc3)CC2)cc1F. The van der Waals surface area contributed by atoms with Crippen molar-refractivity contribution in [1.82, 2.24) is 20.1 Å². The lowest BCUT2D eigenvalue weighted by molar-refractivity contribution is -0.136. The average molecular weight is 476 g/mol. The van der Waals surface area contributed by atoms with Crippen LogP contribution in [0.4, 0.5) is 10.1 Å². The van der Waals surface area contributed by atoms with Gasteiger partial charge in [-0.15, -0.1) is 0 Å². The lowest BCUT2D eigenvalue weighted by Gasteiger charge is -2.39. The third-order valence-electron chi connectivity index (χ3n) is 6.26. The monoisotopic (exact) mass is 475 g/mol. The van der Waals surface area contributed by atoms with Crippen LogP contribution in [0.3, 0.4) is 0 Å². The molecule has 1 aromatic heterocycles. The highest BCUT2D eigenvalue weighted by Crippen LogP contribution is 2.22. The van der Waals surface area contributed by atoms with Crippen LogP contribution in [0.25, 0.3) is 0 Å². The molecular weight excluding hydrogens is 445 g/mol. The quantitative estimate of drug-likeness (QED) is 0.514. The molecule has 3 aromatic rings. The van der Waals surface area contributed by atoms with Crippen molar-refractivity contribution in [3.63, 3.8) is 0 Å². The molecule has 2 heterocycles. The smallest absolute Gasteiger partial charge is 0.313 e. The van der Waals surface area contributed by atoms with Crippen LogP contribution in [0.5, 0.6) is 0 Å². The van der Waals surface area contributed by atoms with Gasteiger partial charge in [0.15, 0.2) is 0 Å². The van der Waals surface area contributed by atoms with Crippen molar-refractivity contribution in [2.24, 2.45) is 0 Å². The van der Waals surface area contributed by atoms with Gasteiger partial charge in [-0.2, -0.15) is 0 Å². The fourth-order valence-electron chi connectivity index (χ4n) is 4.23. The molecule has 1 aliphatic rings.